The third-order valence-corrected chi connectivity index (χ3v) is 3.73. The first kappa shape index (κ1) is 16.1. The maximum atomic E-state index is 13.4. The Kier molecular flexibility index (Phi) is 5.59. The smallest absolute Gasteiger partial charge is 0.304 e. The van der Waals surface area contributed by atoms with Gasteiger partial charge in [0.25, 0.3) is 0 Å². The van der Waals surface area contributed by atoms with Crippen molar-refractivity contribution < 1.29 is 22.5 Å². The normalized spacial score (nSPS) is 11.1. The van der Waals surface area contributed by atoms with E-state index in [1.807, 2.05) is 0 Å². The van der Waals surface area contributed by atoms with Gasteiger partial charge in [0.15, 0.2) is 0 Å². The van der Waals surface area contributed by atoms with E-state index in [1.165, 1.54) is 6.26 Å². The quantitative estimate of drug-likeness (QED) is 0.340. The summed E-state index contributed by atoms with van der Waals surface area (Å²) in [6, 6.07) is 2.40. The summed E-state index contributed by atoms with van der Waals surface area (Å²) >= 11 is 0. The summed E-state index contributed by atoms with van der Waals surface area (Å²) in [5.41, 5.74) is -0.775. The van der Waals surface area contributed by atoms with Gasteiger partial charge in [-0.2, -0.15) is 4.39 Å². The van der Waals surface area contributed by atoms with Crippen LogP contribution in [0.15, 0.2) is 35.9 Å². The molecule has 1 rings (SSSR count). The highest BCUT2D eigenvalue weighted by Gasteiger charge is 2.20. The van der Waals surface area contributed by atoms with Crippen molar-refractivity contribution in [2.75, 3.05) is 13.2 Å². The molecule has 0 heterocycles. The van der Waals surface area contributed by atoms with Gasteiger partial charge in [-0.3, -0.25) is 10.1 Å². The van der Waals surface area contributed by atoms with E-state index in [2.05, 4.69) is 11.3 Å². The second-order valence-corrected chi connectivity index (χ2v) is 5.43. The number of rotatable bonds is 8. The van der Waals surface area contributed by atoms with Gasteiger partial charge in [0.05, 0.1) is 22.7 Å². The van der Waals surface area contributed by atoms with Gasteiger partial charge in [0.2, 0.25) is 15.8 Å². The molecule has 0 fully saturated rings. The fraction of sp³-hybridized carbons (Fsp3) is 0.273. The summed E-state index contributed by atoms with van der Waals surface area (Å²) in [6.45, 7) is 3.71. The number of hydrogen-bond donors (Lipinski definition) is 1. The highest BCUT2D eigenvalue weighted by atomic mass is 32.2. The minimum absolute atomic E-state index is 0.0920. The van der Waals surface area contributed by atoms with Crippen LogP contribution in [0.1, 0.15) is 6.42 Å². The van der Waals surface area contributed by atoms with Crippen molar-refractivity contribution >= 4 is 15.7 Å². The molecule has 9 heteroatoms. The molecule has 7 nitrogen and oxygen atoms in total. The number of nitro groups is 1. The van der Waals surface area contributed by atoms with E-state index >= 15 is 0 Å². The van der Waals surface area contributed by atoms with Crippen molar-refractivity contribution in [2.45, 2.75) is 11.3 Å². The number of nitrogens with one attached hydrogen (secondary N) is 1. The molecule has 0 saturated carbocycles. The van der Waals surface area contributed by atoms with Crippen LogP contribution in [0.25, 0.3) is 0 Å². The van der Waals surface area contributed by atoms with E-state index in [0.717, 1.165) is 12.1 Å². The van der Waals surface area contributed by atoms with Crippen molar-refractivity contribution in [1.29, 1.82) is 0 Å². The van der Waals surface area contributed by atoms with E-state index in [4.69, 9.17) is 4.74 Å². The molecule has 0 aromatic heterocycles. The number of ether oxygens (including phenoxy) is 1. The highest BCUT2D eigenvalue weighted by molar-refractivity contribution is 7.89. The average molecular weight is 304 g/mol. The second kappa shape index (κ2) is 6.96. The van der Waals surface area contributed by atoms with E-state index in [9.17, 15) is 22.9 Å². The van der Waals surface area contributed by atoms with Crippen LogP contribution in [0.3, 0.4) is 0 Å². The summed E-state index contributed by atoms with van der Waals surface area (Å²) in [5, 5.41) is 10.4. The Morgan fingerprint density at radius 2 is 2.20 bits per heavy atom. The zero-order valence-corrected chi connectivity index (χ0v) is 11.2. The number of halogens is 1. The summed E-state index contributed by atoms with van der Waals surface area (Å²) < 4.78 is 44.0. The largest absolute Gasteiger partial charge is 0.502 e. The van der Waals surface area contributed by atoms with E-state index in [-0.39, 0.29) is 11.4 Å². The molecular weight excluding hydrogens is 291 g/mol. The minimum Gasteiger partial charge on any atom is -0.502 e. The first-order chi connectivity index (χ1) is 9.38. The van der Waals surface area contributed by atoms with E-state index in [0.29, 0.717) is 19.1 Å². The van der Waals surface area contributed by atoms with Crippen LogP contribution in [-0.2, 0) is 14.8 Å². The molecule has 0 amide bonds. The van der Waals surface area contributed by atoms with Gasteiger partial charge in [-0.05, 0) is 12.5 Å². The Hall–Kier alpha value is -2.00. The predicted octanol–water partition coefficient (Wildman–Crippen LogP) is 1.56. The molecule has 1 aromatic carbocycles. The second-order valence-electron chi connectivity index (χ2n) is 3.66. The topological polar surface area (TPSA) is 98.5 Å². The summed E-state index contributed by atoms with van der Waals surface area (Å²) in [5.74, 6) is -1.20. The number of nitro benzene ring substituents is 1. The molecule has 1 N–H and O–H groups in total. The number of benzene rings is 1. The lowest BCUT2D eigenvalue weighted by atomic mass is 10.3. The van der Waals surface area contributed by atoms with Gasteiger partial charge >= 0.3 is 5.69 Å². The fourth-order valence-corrected chi connectivity index (χ4v) is 2.42. The maximum Gasteiger partial charge on any atom is 0.304 e. The molecule has 0 bridgehead atoms. The first-order valence-corrected chi connectivity index (χ1v) is 7.03. The molecule has 0 saturated heterocycles. The van der Waals surface area contributed by atoms with Gasteiger partial charge in [0.1, 0.15) is 0 Å². The molecule has 0 aliphatic heterocycles. The van der Waals surface area contributed by atoms with Crippen molar-refractivity contribution in [3.63, 3.8) is 0 Å². The van der Waals surface area contributed by atoms with Crippen LogP contribution >= 0.6 is 0 Å². The van der Waals surface area contributed by atoms with E-state index in [1.54, 1.807) is 0 Å². The predicted molar refractivity (Wildman–Crippen MR) is 69.0 cm³/mol. The lowest BCUT2D eigenvalue weighted by Gasteiger charge is -2.06. The lowest BCUT2D eigenvalue weighted by Crippen LogP contribution is -2.25. The van der Waals surface area contributed by atoms with Gasteiger partial charge in [-0.15, -0.1) is 0 Å². The van der Waals surface area contributed by atoms with Crippen LogP contribution in [-0.4, -0.2) is 26.5 Å². The molecule has 0 atom stereocenters. The molecular formula is C11H13FN2O5S. The maximum absolute atomic E-state index is 13.4. The molecule has 1 aromatic rings. The van der Waals surface area contributed by atoms with Crippen LogP contribution in [0, 0.1) is 15.9 Å². The number of sulfonamides is 1. The monoisotopic (exact) mass is 304 g/mol. The van der Waals surface area contributed by atoms with Crippen LogP contribution in [0.2, 0.25) is 0 Å². The SMILES string of the molecule is C=COCCCNS(=O)(=O)c1ccc([N+](=O)[O-])c(F)c1. The van der Waals surface area contributed by atoms with Crippen molar-refractivity contribution in [3.05, 3.63) is 47.0 Å². The minimum atomic E-state index is -3.91. The first-order valence-electron chi connectivity index (χ1n) is 5.54. The van der Waals surface area contributed by atoms with Crippen molar-refractivity contribution in [1.82, 2.24) is 4.72 Å². The Bertz CT molecular complexity index is 603. The Balaban J connectivity index is 2.75. The van der Waals surface area contributed by atoms with Crippen LogP contribution in [0.4, 0.5) is 10.1 Å². The summed E-state index contributed by atoms with van der Waals surface area (Å²) in [7, 11) is -3.91. The third kappa shape index (κ3) is 4.28. The molecule has 20 heavy (non-hydrogen) atoms. The van der Waals surface area contributed by atoms with Gasteiger partial charge in [0, 0.05) is 18.7 Å². The molecule has 0 radical (unpaired) electrons. The summed E-state index contributed by atoms with van der Waals surface area (Å²) in [4.78, 5) is 9.14. The van der Waals surface area contributed by atoms with Crippen LogP contribution in [0.5, 0.6) is 0 Å². The molecule has 0 aliphatic carbocycles. The van der Waals surface area contributed by atoms with E-state index < -0.39 is 26.5 Å². The average Bonchev–Trinajstić information content (AvgIpc) is 2.37. The number of hydrogen-bond acceptors (Lipinski definition) is 5. The van der Waals surface area contributed by atoms with Gasteiger partial charge in [-0.1, -0.05) is 6.58 Å². The van der Waals surface area contributed by atoms with Gasteiger partial charge < -0.3 is 4.74 Å². The van der Waals surface area contributed by atoms with Crippen molar-refractivity contribution in [2.24, 2.45) is 0 Å². The third-order valence-electron chi connectivity index (χ3n) is 2.28. The zero-order chi connectivity index (χ0) is 15.2. The Morgan fingerprint density at radius 1 is 1.50 bits per heavy atom. The zero-order valence-electron chi connectivity index (χ0n) is 10.4. The fourth-order valence-electron chi connectivity index (χ4n) is 1.33. The molecule has 0 unspecified atom stereocenters. The lowest BCUT2D eigenvalue weighted by molar-refractivity contribution is -0.387. The standard InChI is InChI=1S/C11H13FN2O5S/c1-2-19-7-3-6-13-20(17,18)9-4-5-11(14(15)16)10(12)8-9/h2,4-5,8,13H,1,3,6-7H2. The Morgan fingerprint density at radius 3 is 2.75 bits per heavy atom. The van der Waals surface area contributed by atoms with Gasteiger partial charge in [-0.25, -0.2) is 13.1 Å². The van der Waals surface area contributed by atoms with Crippen molar-refractivity contribution in [3.8, 4) is 0 Å². The van der Waals surface area contributed by atoms with Crippen LogP contribution < -0.4 is 4.72 Å². The summed E-state index contributed by atoms with van der Waals surface area (Å²) in [6.07, 6.45) is 1.64. The Labute approximate surface area is 115 Å². The number of nitrogens with zero attached hydrogens (tertiary/aromatic N) is 1. The molecule has 0 spiro atoms. The molecule has 110 valence electrons. The molecule has 0 aliphatic rings. The highest BCUT2D eigenvalue weighted by Crippen LogP contribution is 2.20.